The molecule has 0 unspecified atom stereocenters. The number of hydrogen-bond donors (Lipinski definition) is 1. The minimum atomic E-state index is -0.259. The number of anilines is 1. The Labute approximate surface area is 163 Å². The van der Waals surface area contributed by atoms with Crippen molar-refractivity contribution in [3.8, 4) is 11.5 Å². The molecule has 144 valence electrons. The summed E-state index contributed by atoms with van der Waals surface area (Å²) < 4.78 is 12.7. The molecule has 0 bridgehead atoms. The van der Waals surface area contributed by atoms with Crippen molar-refractivity contribution in [3.05, 3.63) is 72.3 Å². The van der Waals surface area contributed by atoms with Gasteiger partial charge < -0.3 is 14.8 Å². The van der Waals surface area contributed by atoms with E-state index in [0.29, 0.717) is 23.7 Å². The first-order valence-corrected chi connectivity index (χ1v) is 8.83. The summed E-state index contributed by atoms with van der Waals surface area (Å²) in [4.78, 5) is 16.3. The average molecular weight is 378 g/mol. The quantitative estimate of drug-likeness (QED) is 0.650. The zero-order chi connectivity index (χ0) is 19.8. The lowest BCUT2D eigenvalue weighted by molar-refractivity contribution is -0.118. The highest BCUT2D eigenvalue weighted by atomic mass is 16.5. The van der Waals surface area contributed by atoms with Crippen LogP contribution in [-0.4, -0.2) is 34.4 Å². The van der Waals surface area contributed by atoms with Crippen LogP contribution in [0.25, 0.3) is 6.08 Å². The summed E-state index contributed by atoms with van der Waals surface area (Å²) in [5.41, 5.74) is 2.63. The van der Waals surface area contributed by atoms with Crippen LogP contribution in [0.5, 0.6) is 11.5 Å². The molecule has 3 rings (SSSR count). The number of amides is 1. The Morgan fingerprint density at radius 3 is 2.82 bits per heavy atom. The zero-order valence-electron chi connectivity index (χ0n) is 15.8. The molecule has 0 aliphatic rings. The molecule has 3 aromatic rings. The predicted molar refractivity (Wildman–Crippen MR) is 107 cm³/mol. The second kappa shape index (κ2) is 9.36. The minimum Gasteiger partial charge on any atom is -0.493 e. The van der Waals surface area contributed by atoms with E-state index in [1.807, 2.05) is 55.5 Å². The first-order valence-electron chi connectivity index (χ1n) is 8.83. The van der Waals surface area contributed by atoms with Crippen molar-refractivity contribution >= 4 is 17.7 Å². The number of ether oxygens (including phenoxy) is 2. The van der Waals surface area contributed by atoms with Gasteiger partial charge in [-0.3, -0.25) is 4.79 Å². The van der Waals surface area contributed by atoms with Gasteiger partial charge in [-0.15, -0.1) is 0 Å². The van der Waals surface area contributed by atoms with E-state index in [-0.39, 0.29) is 12.5 Å². The molecule has 0 atom stereocenters. The fraction of sp³-hybridized carbons (Fsp3) is 0.190. The molecule has 1 amide bonds. The largest absolute Gasteiger partial charge is 0.493 e. The molecule has 28 heavy (non-hydrogen) atoms. The Morgan fingerprint density at radius 2 is 2.07 bits per heavy atom. The second-order valence-electron chi connectivity index (χ2n) is 6.00. The van der Waals surface area contributed by atoms with Gasteiger partial charge in [0.25, 0.3) is 5.91 Å². The van der Waals surface area contributed by atoms with Gasteiger partial charge in [0.2, 0.25) is 0 Å². The summed E-state index contributed by atoms with van der Waals surface area (Å²) in [6.45, 7) is 2.33. The van der Waals surface area contributed by atoms with Gasteiger partial charge in [0, 0.05) is 5.69 Å². The van der Waals surface area contributed by atoms with Crippen molar-refractivity contribution in [1.82, 2.24) is 14.8 Å². The number of nitrogens with zero attached hydrogens (tertiary/aromatic N) is 3. The summed E-state index contributed by atoms with van der Waals surface area (Å²) in [5, 5.41) is 6.98. The molecule has 1 N–H and O–H groups in total. The van der Waals surface area contributed by atoms with E-state index in [4.69, 9.17) is 9.47 Å². The lowest BCUT2D eigenvalue weighted by Crippen LogP contribution is -2.21. The fourth-order valence-corrected chi connectivity index (χ4v) is 2.70. The van der Waals surface area contributed by atoms with Gasteiger partial charge in [0.15, 0.2) is 18.1 Å². The molecule has 1 aromatic heterocycles. The van der Waals surface area contributed by atoms with Crippen molar-refractivity contribution in [2.75, 3.05) is 19.0 Å². The highest BCUT2D eigenvalue weighted by Gasteiger charge is 2.11. The maximum atomic E-state index is 12.4. The molecule has 1 heterocycles. The molecule has 0 saturated carbocycles. The number of nitrogens with one attached hydrogen (secondary N) is 1. The minimum absolute atomic E-state index is 0.128. The lowest BCUT2D eigenvalue weighted by Gasteiger charge is -2.13. The fourth-order valence-electron chi connectivity index (χ4n) is 2.70. The number of methoxy groups -OCH3 is 1. The van der Waals surface area contributed by atoms with E-state index < -0.39 is 0 Å². The predicted octanol–water partition coefficient (Wildman–Crippen LogP) is 3.39. The molecule has 7 nitrogen and oxygen atoms in total. The van der Waals surface area contributed by atoms with Crippen molar-refractivity contribution in [2.24, 2.45) is 0 Å². The third-order valence-corrected chi connectivity index (χ3v) is 4.00. The first kappa shape index (κ1) is 19.2. The number of aromatic nitrogens is 3. The molecular formula is C21H22N4O3. The average Bonchev–Trinajstić information content (AvgIpc) is 3.22. The van der Waals surface area contributed by atoms with Crippen LogP contribution in [0.1, 0.15) is 18.1 Å². The van der Waals surface area contributed by atoms with Crippen molar-refractivity contribution < 1.29 is 14.3 Å². The van der Waals surface area contributed by atoms with Gasteiger partial charge in [0.1, 0.15) is 12.7 Å². The maximum absolute atomic E-state index is 12.4. The van der Waals surface area contributed by atoms with Crippen molar-refractivity contribution in [1.29, 1.82) is 0 Å². The zero-order valence-corrected chi connectivity index (χ0v) is 15.8. The summed E-state index contributed by atoms with van der Waals surface area (Å²) in [5.74, 6) is 0.836. The Balaban J connectivity index is 1.64. The van der Waals surface area contributed by atoms with Crippen LogP contribution < -0.4 is 14.8 Å². The third kappa shape index (κ3) is 4.97. The Bertz CT molecular complexity index is 952. The smallest absolute Gasteiger partial charge is 0.262 e. The number of allylic oxidation sites excluding steroid dienone is 1. The van der Waals surface area contributed by atoms with E-state index in [1.54, 1.807) is 24.2 Å². The molecule has 0 radical (unpaired) electrons. The summed E-state index contributed by atoms with van der Waals surface area (Å²) in [7, 11) is 1.57. The number of carbonyl (C=O) groups is 1. The Morgan fingerprint density at radius 1 is 1.21 bits per heavy atom. The van der Waals surface area contributed by atoms with Gasteiger partial charge in [-0.25, -0.2) is 9.67 Å². The topological polar surface area (TPSA) is 78.3 Å². The second-order valence-corrected chi connectivity index (χ2v) is 6.00. The van der Waals surface area contributed by atoms with E-state index in [9.17, 15) is 4.79 Å². The van der Waals surface area contributed by atoms with Gasteiger partial charge in [-0.1, -0.05) is 36.4 Å². The van der Waals surface area contributed by atoms with Crippen LogP contribution in [0.4, 0.5) is 5.69 Å². The van der Waals surface area contributed by atoms with Gasteiger partial charge in [-0.2, -0.15) is 5.10 Å². The molecular weight excluding hydrogens is 356 g/mol. The normalized spacial score (nSPS) is 10.8. The number of benzene rings is 2. The van der Waals surface area contributed by atoms with Gasteiger partial charge in [0.05, 0.1) is 13.7 Å². The van der Waals surface area contributed by atoms with E-state index in [1.165, 1.54) is 6.33 Å². The molecule has 0 saturated heterocycles. The SMILES string of the molecule is C/C=C/c1ccc(OCC(=O)Nc2ccccc2Cn2cncn2)c(OC)c1. The lowest BCUT2D eigenvalue weighted by atomic mass is 10.1. The molecule has 0 spiro atoms. The Hall–Kier alpha value is -3.61. The monoisotopic (exact) mass is 378 g/mol. The standard InChI is InChI=1S/C21H22N4O3/c1-3-6-16-9-10-19(20(11-16)27-2)28-13-21(26)24-18-8-5-4-7-17(18)12-25-15-22-14-23-25/h3-11,14-15H,12-13H2,1-2H3,(H,24,26)/b6-3+. The molecule has 0 aliphatic heterocycles. The number of para-hydroxylation sites is 1. The Kier molecular flexibility index (Phi) is 6.41. The van der Waals surface area contributed by atoms with Gasteiger partial charge in [-0.05, 0) is 36.2 Å². The molecule has 7 heteroatoms. The number of carbonyl (C=O) groups excluding carboxylic acids is 1. The third-order valence-electron chi connectivity index (χ3n) is 4.00. The highest BCUT2D eigenvalue weighted by molar-refractivity contribution is 5.92. The number of rotatable bonds is 8. The maximum Gasteiger partial charge on any atom is 0.262 e. The first-order chi connectivity index (χ1) is 13.7. The molecule has 0 aliphatic carbocycles. The summed E-state index contributed by atoms with van der Waals surface area (Å²) >= 11 is 0. The van der Waals surface area contributed by atoms with E-state index in [2.05, 4.69) is 15.4 Å². The van der Waals surface area contributed by atoms with Crippen LogP contribution in [0.2, 0.25) is 0 Å². The number of hydrogen-bond acceptors (Lipinski definition) is 5. The molecule has 0 fully saturated rings. The van der Waals surface area contributed by atoms with Crippen LogP contribution in [0.3, 0.4) is 0 Å². The van der Waals surface area contributed by atoms with Crippen LogP contribution in [0.15, 0.2) is 61.2 Å². The summed E-state index contributed by atoms with van der Waals surface area (Å²) in [6, 6.07) is 13.1. The summed E-state index contributed by atoms with van der Waals surface area (Å²) in [6.07, 6.45) is 7.01. The highest BCUT2D eigenvalue weighted by Crippen LogP contribution is 2.28. The van der Waals surface area contributed by atoms with Crippen LogP contribution in [-0.2, 0) is 11.3 Å². The van der Waals surface area contributed by atoms with E-state index in [0.717, 1.165) is 11.1 Å². The van der Waals surface area contributed by atoms with Crippen molar-refractivity contribution in [2.45, 2.75) is 13.5 Å². The van der Waals surface area contributed by atoms with Crippen LogP contribution >= 0.6 is 0 Å². The van der Waals surface area contributed by atoms with Gasteiger partial charge >= 0.3 is 0 Å². The van der Waals surface area contributed by atoms with Crippen molar-refractivity contribution in [3.63, 3.8) is 0 Å². The van der Waals surface area contributed by atoms with E-state index >= 15 is 0 Å². The molecule has 2 aromatic carbocycles. The van der Waals surface area contributed by atoms with Crippen LogP contribution in [0, 0.1) is 0 Å².